The Morgan fingerprint density at radius 1 is 0.667 bits per heavy atom. The number of hydrogen-bond acceptors (Lipinski definition) is 1. The molecule has 0 fully saturated rings. The van der Waals surface area contributed by atoms with Gasteiger partial charge in [0.1, 0.15) is 5.82 Å². The van der Waals surface area contributed by atoms with Gasteiger partial charge < -0.3 is 5.11 Å². The fourth-order valence-corrected chi connectivity index (χ4v) is 2.47. The third kappa shape index (κ3) is 4.85. The van der Waals surface area contributed by atoms with Crippen molar-refractivity contribution in [3.8, 4) is 23.7 Å². The molecule has 0 spiro atoms. The van der Waals surface area contributed by atoms with E-state index in [1.165, 1.54) is 24.3 Å². The summed E-state index contributed by atoms with van der Waals surface area (Å²) in [6.45, 7) is 4.00. The molecule has 1 N–H and O–H groups in total. The van der Waals surface area contributed by atoms with E-state index in [-0.39, 0.29) is 5.82 Å². The first kappa shape index (κ1) is 18.5. The molecule has 0 saturated heterocycles. The van der Waals surface area contributed by atoms with E-state index in [0.717, 1.165) is 22.3 Å². The number of hydrogen-bond donors (Lipinski definition) is 1. The summed E-state index contributed by atoms with van der Waals surface area (Å²) in [4.78, 5) is 0. The van der Waals surface area contributed by atoms with Crippen molar-refractivity contribution in [1.29, 1.82) is 0 Å². The van der Waals surface area contributed by atoms with Crippen LogP contribution in [-0.2, 0) is 5.60 Å². The van der Waals surface area contributed by atoms with Gasteiger partial charge in [0.25, 0.3) is 0 Å². The monoisotopic (exact) mass is 354 g/mol. The molecule has 3 aromatic rings. The van der Waals surface area contributed by atoms with Crippen LogP contribution in [0, 0.1) is 43.3 Å². The van der Waals surface area contributed by atoms with Crippen LogP contribution in [0.25, 0.3) is 0 Å². The fourth-order valence-electron chi connectivity index (χ4n) is 2.47. The molecule has 0 atom stereocenters. The van der Waals surface area contributed by atoms with Gasteiger partial charge in [-0.3, -0.25) is 0 Å². The van der Waals surface area contributed by atoms with Crippen LogP contribution < -0.4 is 0 Å². The van der Waals surface area contributed by atoms with Crippen LogP contribution in [0.2, 0.25) is 0 Å². The van der Waals surface area contributed by atoms with Gasteiger partial charge in [-0.15, -0.1) is 0 Å². The summed E-state index contributed by atoms with van der Waals surface area (Å²) in [5.74, 6) is 11.3. The summed E-state index contributed by atoms with van der Waals surface area (Å²) in [6, 6.07) is 21.0. The molecule has 0 saturated carbocycles. The third-order valence-electron chi connectivity index (χ3n) is 4.14. The molecular weight excluding hydrogens is 335 g/mol. The highest BCUT2D eigenvalue weighted by Gasteiger charge is 2.24. The van der Waals surface area contributed by atoms with Crippen LogP contribution in [-0.4, -0.2) is 5.11 Å². The minimum atomic E-state index is -1.70. The Hall–Kier alpha value is -3.33. The Bertz CT molecular complexity index is 975. The zero-order valence-electron chi connectivity index (χ0n) is 15.3. The molecule has 0 amide bonds. The molecule has 3 rings (SSSR count). The van der Waals surface area contributed by atoms with Crippen molar-refractivity contribution in [2.75, 3.05) is 0 Å². The molecule has 0 aliphatic carbocycles. The first-order valence-corrected chi connectivity index (χ1v) is 8.63. The SMILES string of the molecule is Cc1ccc(C#CC(O)(C#Cc2ccc(C)cc2)c2ccc(F)cc2)cc1. The standard InChI is InChI=1S/C25H19FO/c1-19-3-7-21(8-4-19)15-17-25(27,23-11-13-24(26)14-12-23)18-16-22-9-5-20(2)6-10-22/h3-14,27H,1-2H3. The van der Waals surface area contributed by atoms with Gasteiger partial charge in [0.15, 0.2) is 0 Å². The molecule has 0 bridgehead atoms. The highest BCUT2D eigenvalue weighted by Crippen LogP contribution is 2.21. The van der Waals surface area contributed by atoms with Crippen LogP contribution in [0.15, 0.2) is 72.8 Å². The summed E-state index contributed by atoms with van der Waals surface area (Å²) in [5.41, 5.74) is 2.55. The van der Waals surface area contributed by atoms with E-state index in [1.54, 1.807) is 0 Å². The van der Waals surface area contributed by atoms with Crippen molar-refractivity contribution < 1.29 is 9.50 Å². The molecule has 0 aromatic heterocycles. The number of aliphatic hydroxyl groups is 1. The molecule has 27 heavy (non-hydrogen) atoms. The minimum Gasteiger partial charge on any atom is -0.363 e. The van der Waals surface area contributed by atoms with Gasteiger partial charge in [0.05, 0.1) is 0 Å². The van der Waals surface area contributed by atoms with E-state index >= 15 is 0 Å². The Morgan fingerprint density at radius 2 is 1.07 bits per heavy atom. The van der Waals surface area contributed by atoms with Crippen molar-refractivity contribution >= 4 is 0 Å². The maximum absolute atomic E-state index is 13.3. The van der Waals surface area contributed by atoms with Gasteiger partial charge in [-0.1, -0.05) is 59.4 Å². The number of rotatable bonds is 1. The molecular formula is C25H19FO. The maximum Gasteiger partial charge on any atom is 0.214 e. The second-order valence-electron chi connectivity index (χ2n) is 6.45. The quantitative estimate of drug-likeness (QED) is 0.626. The summed E-state index contributed by atoms with van der Waals surface area (Å²) >= 11 is 0. The second kappa shape index (κ2) is 7.92. The molecule has 2 heteroatoms. The molecule has 1 nitrogen and oxygen atoms in total. The van der Waals surface area contributed by atoms with Gasteiger partial charge >= 0.3 is 0 Å². The lowest BCUT2D eigenvalue weighted by atomic mass is 9.94. The average molecular weight is 354 g/mol. The van der Waals surface area contributed by atoms with E-state index in [9.17, 15) is 9.50 Å². The molecule has 0 aliphatic heterocycles. The van der Waals surface area contributed by atoms with Gasteiger partial charge in [-0.25, -0.2) is 4.39 Å². The van der Waals surface area contributed by atoms with Crippen molar-refractivity contribution in [3.05, 3.63) is 106 Å². The molecule has 0 unspecified atom stereocenters. The maximum atomic E-state index is 13.3. The predicted octanol–water partition coefficient (Wildman–Crippen LogP) is 4.73. The highest BCUT2D eigenvalue weighted by molar-refractivity contribution is 5.48. The summed E-state index contributed by atoms with van der Waals surface area (Å²) in [6.07, 6.45) is 0. The number of benzene rings is 3. The van der Waals surface area contributed by atoms with E-state index in [2.05, 4.69) is 23.7 Å². The van der Waals surface area contributed by atoms with E-state index in [0.29, 0.717) is 5.56 Å². The second-order valence-corrected chi connectivity index (χ2v) is 6.45. The number of halogens is 1. The Morgan fingerprint density at radius 3 is 1.48 bits per heavy atom. The van der Waals surface area contributed by atoms with Gasteiger partial charge in [-0.05, 0) is 62.1 Å². The summed E-state index contributed by atoms with van der Waals surface area (Å²) in [7, 11) is 0. The lowest BCUT2D eigenvalue weighted by molar-refractivity contribution is 0.164. The highest BCUT2D eigenvalue weighted by atomic mass is 19.1. The smallest absolute Gasteiger partial charge is 0.214 e. The third-order valence-corrected chi connectivity index (χ3v) is 4.14. The first-order valence-electron chi connectivity index (χ1n) is 8.63. The topological polar surface area (TPSA) is 20.2 Å². The normalized spacial score (nSPS) is 10.4. The predicted molar refractivity (Wildman–Crippen MR) is 106 cm³/mol. The van der Waals surface area contributed by atoms with Crippen molar-refractivity contribution in [2.24, 2.45) is 0 Å². The van der Waals surface area contributed by atoms with E-state index in [1.807, 2.05) is 62.4 Å². The van der Waals surface area contributed by atoms with Crippen molar-refractivity contribution in [3.63, 3.8) is 0 Å². The lowest BCUT2D eigenvalue weighted by Crippen LogP contribution is -2.21. The van der Waals surface area contributed by atoms with Gasteiger partial charge in [0.2, 0.25) is 5.60 Å². The fraction of sp³-hybridized carbons (Fsp3) is 0.120. The van der Waals surface area contributed by atoms with Crippen LogP contribution in [0.5, 0.6) is 0 Å². The number of aryl methyl sites for hydroxylation is 2. The Kier molecular flexibility index (Phi) is 5.41. The van der Waals surface area contributed by atoms with E-state index < -0.39 is 5.60 Å². The van der Waals surface area contributed by atoms with Crippen LogP contribution in [0.1, 0.15) is 27.8 Å². The molecule has 0 heterocycles. The van der Waals surface area contributed by atoms with Crippen molar-refractivity contribution in [1.82, 2.24) is 0 Å². The lowest BCUT2D eigenvalue weighted by Gasteiger charge is -2.16. The average Bonchev–Trinajstić information content (AvgIpc) is 2.68. The van der Waals surface area contributed by atoms with Crippen LogP contribution >= 0.6 is 0 Å². The summed E-state index contributed by atoms with van der Waals surface area (Å²) in [5, 5.41) is 11.1. The summed E-state index contributed by atoms with van der Waals surface area (Å²) < 4.78 is 13.3. The largest absolute Gasteiger partial charge is 0.363 e. The molecule has 3 aromatic carbocycles. The van der Waals surface area contributed by atoms with Gasteiger partial charge in [-0.2, -0.15) is 0 Å². The van der Waals surface area contributed by atoms with Gasteiger partial charge in [0, 0.05) is 16.7 Å². The molecule has 132 valence electrons. The first-order chi connectivity index (χ1) is 12.9. The van der Waals surface area contributed by atoms with Crippen molar-refractivity contribution in [2.45, 2.75) is 19.4 Å². The zero-order valence-corrected chi connectivity index (χ0v) is 15.3. The van der Waals surface area contributed by atoms with Crippen LogP contribution in [0.3, 0.4) is 0 Å². The minimum absolute atomic E-state index is 0.376. The Balaban J connectivity index is 2.03. The zero-order chi connectivity index (χ0) is 19.3. The Labute approximate surface area is 159 Å². The molecule has 0 radical (unpaired) electrons. The van der Waals surface area contributed by atoms with Crippen LogP contribution in [0.4, 0.5) is 4.39 Å². The van der Waals surface area contributed by atoms with E-state index in [4.69, 9.17) is 0 Å². The molecule has 0 aliphatic rings.